The monoisotopic (exact) mass is 332 g/mol. The maximum absolute atomic E-state index is 13.0. The molecule has 1 saturated heterocycles. The number of halogens is 2. The fraction of sp³-hybridized carbons (Fsp3) is 0.533. The predicted octanol–water partition coefficient (Wildman–Crippen LogP) is 1.51. The van der Waals surface area contributed by atoms with Gasteiger partial charge in [0.2, 0.25) is 5.91 Å². The average molecular weight is 333 g/mol. The van der Waals surface area contributed by atoms with Crippen molar-refractivity contribution >= 4 is 18.3 Å². The summed E-state index contributed by atoms with van der Waals surface area (Å²) >= 11 is 0. The van der Waals surface area contributed by atoms with Crippen molar-refractivity contribution < 1.29 is 18.7 Å². The van der Waals surface area contributed by atoms with Crippen LogP contribution in [0.5, 0.6) is 5.75 Å². The molecule has 1 aromatic carbocycles. The average Bonchev–Trinajstić information content (AvgIpc) is 2.45. The lowest BCUT2D eigenvalue weighted by Gasteiger charge is -2.30. The van der Waals surface area contributed by atoms with Crippen LogP contribution < -0.4 is 15.4 Å². The number of hydrogen-bond acceptors (Lipinski definition) is 4. The summed E-state index contributed by atoms with van der Waals surface area (Å²) in [6.45, 7) is 5.26. The lowest BCUT2D eigenvalue weighted by Crippen LogP contribution is -2.57. The van der Waals surface area contributed by atoms with Gasteiger partial charge in [0, 0.05) is 12.6 Å². The molecule has 1 amide bonds. The Kier molecular flexibility index (Phi) is 7.58. The van der Waals surface area contributed by atoms with Crippen LogP contribution in [0.1, 0.15) is 13.8 Å². The van der Waals surface area contributed by atoms with E-state index < -0.39 is 0 Å². The Hall–Kier alpha value is -1.37. The van der Waals surface area contributed by atoms with Crippen molar-refractivity contribution in [1.82, 2.24) is 10.6 Å². The zero-order valence-electron chi connectivity index (χ0n) is 12.7. The Morgan fingerprint density at radius 3 is 3.05 bits per heavy atom. The third-order valence-corrected chi connectivity index (χ3v) is 3.28. The van der Waals surface area contributed by atoms with Crippen molar-refractivity contribution in [1.29, 1.82) is 0 Å². The predicted molar refractivity (Wildman–Crippen MR) is 84.0 cm³/mol. The van der Waals surface area contributed by atoms with Crippen molar-refractivity contribution in [3.05, 3.63) is 30.1 Å². The number of amides is 1. The van der Waals surface area contributed by atoms with Crippen LogP contribution in [0.2, 0.25) is 0 Å². The summed E-state index contributed by atoms with van der Waals surface area (Å²) in [6.07, 6.45) is -0.157. The van der Waals surface area contributed by atoms with Gasteiger partial charge in [-0.3, -0.25) is 4.79 Å². The zero-order chi connectivity index (χ0) is 15.2. The van der Waals surface area contributed by atoms with Gasteiger partial charge in [0.1, 0.15) is 24.2 Å². The minimum Gasteiger partial charge on any atom is -0.491 e. The molecule has 124 valence electrons. The van der Waals surface area contributed by atoms with Crippen LogP contribution in [-0.4, -0.2) is 43.9 Å². The molecule has 2 N–H and O–H groups in total. The molecule has 7 heteroatoms. The number of carbonyl (C=O) groups is 1. The molecule has 1 fully saturated rings. The highest BCUT2D eigenvalue weighted by Gasteiger charge is 2.28. The highest BCUT2D eigenvalue weighted by Crippen LogP contribution is 2.12. The van der Waals surface area contributed by atoms with Gasteiger partial charge >= 0.3 is 0 Å². The standard InChI is InChI=1S/C15H21FN2O3.ClH/c1-10(9-21-13-5-3-4-12(16)8-13)18-15(19)14-11(2)20-7-6-17-14;/h3-5,8,10-11,14,17H,6-7,9H2,1-2H3,(H,18,19);1H/t10?,11-,14+;/m1./s1. The number of morpholine rings is 1. The van der Waals surface area contributed by atoms with E-state index in [-0.39, 0.29) is 48.9 Å². The molecule has 0 aromatic heterocycles. The third kappa shape index (κ3) is 5.44. The van der Waals surface area contributed by atoms with Gasteiger partial charge in [-0.2, -0.15) is 0 Å². The van der Waals surface area contributed by atoms with E-state index in [9.17, 15) is 9.18 Å². The molecule has 1 aliphatic heterocycles. The number of ether oxygens (including phenoxy) is 2. The van der Waals surface area contributed by atoms with E-state index in [1.165, 1.54) is 12.1 Å². The van der Waals surface area contributed by atoms with E-state index >= 15 is 0 Å². The van der Waals surface area contributed by atoms with E-state index in [1.807, 2.05) is 13.8 Å². The first-order valence-corrected chi connectivity index (χ1v) is 7.10. The summed E-state index contributed by atoms with van der Waals surface area (Å²) in [7, 11) is 0. The van der Waals surface area contributed by atoms with E-state index in [4.69, 9.17) is 9.47 Å². The Labute approximate surface area is 136 Å². The maximum Gasteiger partial charge on any atom is 0.240 e. The highest BCUT2D eigenvalue weighted by atomic mass is 35.5. The van der Waals surface area contributed by atoms with Gasteiger partial charge < -0.3 is 20.1 Å². The number of nitrogens with one attached hydrogen (secondary N) is 2. The fourth-order valence-electron chi connectivity index (χ4n) is 2.18. The number of carbonyl (C=O) groups excluding carboxylic acids is 1. The summed E-state index contributed by atoms with van der Waals surface area (Å²) in [5, 5.41) is 5.99. The topological polar surface area (TPSA) is 59.6 Å². The van der Waals surface area contributed by atoms with Gasteiger partial charge in [0.15, 0.2) is 0 Å². The smallest absolute Gasteiger partial charge is 0.240 e. The molecule has 3 atom stereocenters. The van der Waals surface area contributed by atoms with Crippen molar-refractivity contribution in [2.24, 2.45) is 0 Å². The van der Waals surface area contributed by atoms with Crippen molar-refractivity contribution in [2.75, 3.05) is 19.8 Å². The molecular formula is C15H22ClFN2O3. The molecule has 5 nitrogen and oxygen atoms in total. The molecule has 22 heavy (non-hydrogen) atoms. The second-order valence-corrected chi connectivity index (χ2v) is 5.19. The molecule has 1 aromatic rings. The first-order chi connectivity index (χ1) is 10.1. The quantitative estimate of drug-likeness (QED) is 0.858. The summed E-state index contributed by atoms with van der Waals surface area (Å²) < 4.78 is 23.9. The van der Waals surface area contributed by atoms with Crippen LogP contribution in [0.4, 0.5) is 4.39 Å². The molecular weight excluding hydrogens is 311 g/mol. The van der Waals surface area contributed by atoms with Crippen LogP contribution in [0.25, 0.3) is 0 Å². The number of rotatable bonds is 5. The first-order valence-electron chi connectivity index (χ1n) is 7.10. The van der Waals surface area contributed by atoms with Gasteiger partial charge in [-0.25, -0.2) is 4.39 Å². The van der Waals surface area contributed by atoms with E-state index in [1.54, 1.807) is 12.1 Å². The van der Waals surface area contributed by atoms with E-state index in [0.29, 0.717) is 18.9 Å². The minimum absolute atomic E-state index is 0. The summed E-state index contributed by atoms with van der Waals surface area (Å²) in [5.74, 6) is -0.0114. The van der Waals surface area contributed by atoms with Crippen LogP contribution in [0, 0.1) is 5.82 Å². The lowest BCUT2D eigenvalue weighted by atomic mass is 10.1. The van der Waals surface area contributed by atoms with Gasteiger partial charge in [-0.05, 0) is 26.0 Å². The van der Waals surface area contributed by atoms with Gasteiger partial charge in [0.05, 0.1) is 18.8 Å². The Morgan fingerprint density at radius 1 is 1.59 bits per heavy atom. The van der Waals surface area contributed by atoms with Crippen molar-refractivity contribution in [3.63, 3.8) is 0 Å². The van der Waals surface area contributed by atoms with Crippen LogP contribution in [-0.2, 0) is 9.53 Å². The molecule has 2 rings (SSSR count). The van der Waals surface area contributed by atoms with E-state index in [2.05, 4.69) is 10.6 Å². The van der Waals surface area contributed by atoms with Crippen LogP contribution >= 0.6 is 12.4 Å². The Balaban J connectivity index is 0.00000242. The van der Waals surface area contributed by atoms with Crippen LogP contribution in [0.3, 0.4) is 0 Å². The minimum atomic E-state index is -0.352. The number of benzene rings is 1. The molecule has 1 aliphatic rings. The van der Waals surface area contributed by atoms with Crippen LogP contribution in [0.15, 0.2) is 24.3 Å². The molecule has 0 radical (unpaired) electrons. The lowest BCUT2D eigenvalue weighted by molar-refractivity contribution is -0.129. The van der Waals surface area contributed by atoms with E-state index in [0.717, 1.165) is 0 Å². The molecule has 0 aliphatic carbocycles. The first kappa shape index (κ1) is 18.7. The molecule has 0 spiro atoms. The highest BCUT2D eigenvalue weighted by molar-refractivity contribution is 5.85. The molecule has 1 heterocycles. The number of hydrogen-bond donors (Lipinski definition) is 2. The van der Waals surface area contributed by atoms with Gasteiger partial charge in [-0.1, -0.05) is 6.07 Å². The van der Waals surface area contributed by atoms with Crippen molar-refractivity contribution in [2.45, 2.75) is 32.0 Å². The summed E-state index contributed by atoms with van der Waals surface area (Å²) in [5.41, 5.74) is 0. The molecule has 0 bridgehead atoms. The fourth-order valence-corrected chi connectivity index (χ4v) is 2.18. The zero-order valence-corrected chi connectivity index (χ0v) is 13.5. The maximum atomic E-state index is 13.0. The van der Waals surface area contributed by atoms with Gasteiger partial charge in [0.25, 0.3) is 0 Å². The Bertz CT molecular complexity index is 490. The Morgan fingerprint density at radius 2 is 2.36 bits per heavy atom. The summed E-state index contributed by atoms with van der Waals surface area (Å²) in [6, 6.07) is 5.39. The molecule has 0 saturated carbocycles. The molecule has 1 unspecified atom stereocenters. The SMILES string of the molecule is CC(COc1cccc(F)c1)NC(=O)[C@H]1NCCO[C@@H]1C.Cl. The largest absolute Gasteiger partial charge is 0.491 e. The third-order valence-electron chi connectivity index (χ3n) is 3.28. The van der Waals surface area contributed by atoms with Crippen molar-refractivity contribution in [3.8, 4) is 5.75 Å². The van der Waals surface area contributed by atoms with Gasteiger partial charge in [-0.15, -0.1) is 12.4 Å². The summed E-state index contributed by atoms with van der Waals surface area (Å²) in [4.78, 5) is 12.1. The second kappa shape index (κ2) is 8.92. The normalized spacial score (nSPS) is 22.3. The second-order valence-electron chi connectivity index (χ2n) is 5.19.